The number of nitrogens with zero attached hydrogens (tertiary/aromatic N) is 4. The van der Waals surface area contributed by atoms with Gasteiger partial charge in [0.05, 0.1) is 11.4 Å². The molecule has 0 fully saturated rings. The van der Waals surface area contributed by atoms with Crippen LogP contribution in [0.15, 0.2) is 35.7 Å². The lowest BCUT2D eigenvalue weighted by Crippen LogP contribution is -2.25. The number of carbonyl (C=O) groups is 1. The molecule has 6 heteroatoms. The van der Waals surface area contributed by atoms with Gasteiger partial charge in [0, 0.05) is 23.7 Å². The van der Waals surface area contributed by atoms with E-state index in [1.165, 1.54) is 0 Å². The Bertz CT molecular complexity index is 630. The van der Waals surface area contributed by atoms with Crippen LogP contribution in [-0.2, 0) is 11.3 Å². The summed E-state index contributed by atoms with van der Waals surface area (Å²) in [7, 11) is 0. The smallest absolute Gasteiger partial charge is 0.261 e. The number of hydrogen-bond acceptors (Lipinski definition) is 4. The zero-order chi connectivity index (χ0) is 14.5. The average molecular weight is 271 g/mol. The van der Waals surface area contributed by atoms with Gasteiger partial charge in [0.15, 0.2) is 0 Å². The van der Waals surface area contributed by atoms with Crippen molar-refractivity contribution in [3.05, 3.63) is 47.5 Å². The molecule has 0 aromatic carbocycles. The fourth-order valence-corrected chi connectivity index (χ4v) is 1.81. The van der Waals surface area contributed by atoms with Crippen LogP contribution in [0.5, 0.6) is 0 Å². The molecular weight excluding hydrogens is 254 g/mol. The lowest BCUT2D eigenvalue weighted by Gasteiger charge is -2.04. The summed E-state index contributed by atoms with van der Waals surface area (Å²) in [6.45, 7) is 5.80. The maximum Gasteiger partial charge on any atom is 0.261 e. The van der Waals surface area contributed by atoms with Crippen molar-refractivity contribution in [2.45, 2.75) is 27.3 Å². The van der Waals surface area contributed by atoms with Crippen LogP contribution < -0.4 is 5.43 Å². The van der Waals surface area contributed by atoms with Gasteiger partial charge >= 0.3 is 0 Å². The summed E-state index contributed by atoms with van der Waals surface area (Å²) in [5, 5.41) is 8.31. The van der Waals surface area contributed by atoms with Gasteiger partial charge in [-0.1, -0.05) is 0 Å². The van der Waals surface area contributed by atoms with E-state index in [0.717, 1.165) is 22.7 Å². The third kappa shape index (κ3) is 3.50. The zero-order valence-corrected chi connectivity index (χ0v) is 11.8. The minimum Gasteiger partial charge on any atom is -0.271 e. The Hall–Kier alpha value is -2.50. The number of carbonyl (C=O) groups excluding carboxylic acids is 1. The van der Waals surface area contributed by atoms with Crippen molar-refractivity contribution in [2.24, 2.45) is 5.10 Å². The van der Waals surface area contributed by atoms with Crippen molar-refractivity contribution in [3.8, 4) is 0 Å². The first kappa shape index (κ1) is 13.9. The van der Waals surface area contributed by atoms with E-state index in [4.69, 9.17) is 0 Å². The third-order valence-electron chi connectivity index (χ3n) is 2.84. The van der Waals surface area contributed by atoms with Crippen LogP contribution in [0.4, 0.5) is 0 Å². The summed E-state index contributed by atoms with van der Waals surface area (Å²) < 4.78 is 1.65. The first-order valence-electron chi connectivity index (χ1n) is 6.31. The summed E-state index contributed by atoms with van der Waals surface area (Å²) in [4.78, 5) is 15.8. The Kier molecular flexibility index (Phi) is 4.24. The first-order valence-corrected chi connectivity index (χ1v) is 6.31. The van der Waals surface area contributed by atoms with Gasteiger partial charge in [-0.2, -0.15) is 10.2 Å². The molecule has 0 saturated carbocycles. The van der Waals surface area contributed by atoms with Crippen LogP contribution in [0.1, 0.15) is 23.9 Å². The molecule has 2 aromatic heterocycles. The van der Waals surface area contributed by atoms with E-state index in [9.17, 15) is 4.79 Å². The van der Waals surface area contributed by atoms with Gasteiger partial charge in [0.2, 0.25) is 0 Å². The molecule has 20 heavy (non-hydrogen) atoms. The van der Waals surface area contributed by atoms with E-state index in [1.54, 1.807) is 17.1 Å². The van der Waals surface area contributed by atoms with E-state index in [0.29, 0.717) is 0 Å². The molecule has 2 heterocycles. The average Bonchev–Trinajstić information content (AvgIpc) is 2.75. The number of pyridine rings is 1. The lowest BCUT2D eigenvalue weighted by atomic mass is 10.2. The van der Waals surface area contributed by atoms with Gasteiger partial charge in [0.1, 0.15) is 6.54 Å². The van der Waals surface area contributed by atoms with Crippen LogP contribution in [-0.4, -0.2) is 26.4 Å². The maximum absolute atomic E-state index is 11.8. The van der Waals surface area contributed by atoms with Crippen molar-refractivity contribution in [2.75, 3.05) is 0 Å². The van der Waals surface area contributed by atoms with Gasteiger partial charge in [-0.25, -0.2) is 5.43 Å². The van der Waals surface area contributed by atoms with Crippen molar-refractivity contribution in [1.82, 2.24) is 20.2 Å². The highest BCUT2D eigenvalue weighted by Crippen LogP contribution is 2.01. The van der Waals surface area contributed by atoms with Crippen LogP contribution >= 0.6 is 0 Å². The Labute approximate surface area is 117 Å². The topological polar surface area (TPSA) is 72.2 Å². The first-order chi connectivity index (χ1) is 9.56. The van der Waals surface area contributed by atoms with Gasteiger partial charge in [-0.05, 0) is 39.0 Å². The second-order valence-electron chi connectivity index (χ2n) is 4.55. The maximum atomic E-state index is 11.8. The minimum atomic E-state index is -0.204. The standard InChI is InChI=1S/C14H17N5O/c1-10-8-11(2)19(18-10)9-14(20)17-16-12(3)13-4-6-15-7-5-13/h4-8H,9H2,1-3H3,(H,17,20)/b16-12+. The third-order valence-corrected chi connectivity index (χ3v) is 2.84. The molecule has 0 atom stereocenters. The predicted octanol–water partition coefficient (Wildman–Crippen LogP) is 1.44. The van der Waals surface area contributed by atoms with E-state index >= 15 is 0 Å². The van der Waals surface area contributed by atoms with Crippen molar-refractivity contribution in [1.29, 1.82) is 0 Å². The van der Waals surface area contributed by atoms with Crippen LogP contribution in [0.2, 0.25) is 0 Å². The molecule has 0 aliphatic carbocycles. The quantitative estimate of drug-likeness (QED) is 0.675. The molecule has 1 amide bonds. The van der Waals surface area contributed by atoms with E-state index in [1.807, 2.05) is 39.0 Å². The molecule has 0 radical (unpaired) electrons. The molecule has 2 aromatic rings. The predicted molar refractivity (Wildman–Crippen MR) is 76.3 cm³/mol. The zero-order valence-electron chi connectivity index (χ0n) is 11.8. The summed E-state index contributed by atoms with van der Waals surface area (Å²) in [5.41, 5.74) is 6.03. The lowest BCUT2D eigenvalue weighted by molar-refractivity contribution is -0.121. The molecule has 0 spiro atoms. The molecular formula is C14H17N5O. The number of aromatic nitrogens is 3. The second-order valence-corrected chi connectivity index (χ2v) is 4.55. The molecule has 0 unspecified atom stereocenters. The molecule has 2 rings (SSSR count). The highest BCUT2D eigenvalue weighted by molar-refractivity contribution is 5.99. The number of aryl methyl sites for hydroxylation is 2. The van der Waals surface area contributed by atoms with Crippen LogP contribution in [0, 0.1) is 13.8 Å². The summed E-state index contributed by atoms with van der Waals surface area (Å²) in [6, 6.07) is 5.61. The van der Waals surface area contributed by atoms with Gasteiger partial charge in [-0.15, -0.1) is 0 Å². The number of hydrazone groups is 1. The Morgan fingerprint density at radius 1 is 1.35 bits per heavy atom. The van der Waals surface area contributed by atoms with Crippen molar-refractivity contribution >= 4 is 11.6 Å². The number of rotatable bonds is 4. The van der Waals surface area contributed by atoms with Crippen molar-refractivity contribution < 1.29 is 4.79 Å². The van der Waals surface area contributed by atoms with Gasteiger partial charge < -0.3 is 0 Å². The minimum absolute atomic E-state index is 0.160. The van der Waals surface area contributed by atoms with E-state index < -0.39 is 0 Å². The SMILES string of the molecule is C/C(=N\NC(=O)Cn1nc(C)cc1C)c1ccncc1. The van der Waals surface area contributed by atoms with Gasteiger partial charge in [-0.3, -0.25) is 14.5 Å². The molecule has 6 nitrogen and oxygen atoms in total. The van der Waals surface area contributed by atoms with Crippen LogP contribution in [0.25, 0.3) is 0 Å². The van der Waals surface area contributed by atoms with E-state index in [-0.39, 0.29) is 12.5 Å². The fourth-order valence-electron chi connectivity index (χ4n) is 1.81. The Morgan fingerprint density at radius 3 is 2.65 bits per heavy atom. The Morgan fingerprint density at radius 2 is 2.05 bits per heavy atom. The summed E-state index contributed by atoms with van der Waals surface area (Å²) in [5.74, 6) is -0.204. The summed E-state index contributed by atoms with van der Waals surface area (Å²) in [6.07, 6.45) is 3.37. The number of hydrogen-bond donors (Lipinski definition) is 1. The molecule has 104 valence electrons. The monoisotopic (exact) mass is 271 g/mol. The largest absolute Gasteiger partial charge is 0.271 e. The molecule has 0 aliphatic heterocycles. The Balaban J connectivity index is 1.97. The molecule has 0 bridgehead atoms. The molecule has 0 aliphatic rings. The van der Waals surface area contributed by atoms with Gasteiger partial charge in [0.25, 0.3) is 5.91 Å². The fraction of sp³-hybridized carbons (Fsp3) is 0.286. The molecule has 1 N–H and O–H groups in total. The van der Waals surface area contributed by atoms with Crippen molar-refractivity contribution in [3.63, 3.8) is 0 Å². The number of amides is 1. The van der Waals surface area contributed by atoms with Crippen LogP contribution in [0.3, 0.4) is 0 Å². The van der Waals surface area contributed by atoms with E-state index in [2.05, 4.69) is 20.6 Å². The summed E-state index contributed by atoms with van der Waals surface area (Å²) >= 11 is 0. The highest BCUT2D eigenvalue weighted by Gasteiger charge is 2.06. The highest BCUT2D eigenvalue weighted by atomic mass is 16.2. The normalized spacial score (nSPS) is 11.4. The second kappa shape index (κ2) is 6.10. The molecule has 0 saturated heterocycles. The number of nitrogens with one attached hydrogen (secondary N) is 1.